The van der Waals surface area contributed by atoms with Gasteiger partial charge in [0, 0.05) is 26.7 Å². The summed E-state index contributed by atoms with van der Waals surface area (Å²) in [4.78, 5) is 14.5. The lowest BCUT2D eigenvalue weighted by molar-refractivity contribution is -0.133. The van der Waals surface area contributed by atoms with Crippen LogP contribution in [0.3, 0.4) is 0 Å². The van der Waals surface area contributed by atoms with E-state index in [-0.39, 0.29) is 11.9 Å². The predicted molar refractivity (Wildman–Crippen MR) is 82.0 cm³/mol. The van der Waals surface area contributed by atoms with Crippen LogP contribution in [-0.2, 0) is 22.5 Å². The van der Waals surface area contributed by atoms with Gasteiger partial charge in [0.2, 0.25) is 5.91 Å². The first-order valence-electron chi connectivity index (χ1n) is 7.87. The molecule has 0 aromatic heterocycles. The van der Waals surface area contributed by atoms with Crippen LogP contribution in [0.15, 0.2) is 24.3 Å². The van der Waals surface area contributed by atoms with Crippen molar-refractivity contribution in [2.24, 2.45) is 5.92 Å². The molecule has 2 heterocycles. The van der Waals surface area contributed by atoms with Crippen LogP contribution >= 0.6 is 0 Å². The fourth-order valence-electron chi connectivity index (χ4n) is 3.32. The van der Waals surface area contributed by atoms with E-state index in [1.54, 1.807) is 0 Å². The summed E-state index contributed by atoms with van der Waals surface area (Å²) in [6.45, 7) is 3.25. The molecule has 1 aromatic rings. The molecule has 21 heavy (non-hydrogen) atoms. The molecule has 4 heteroatoms. The molecule has 0 bridgehead atoms. The molecule has 1 saturated heterocycles. The van der Waals surface area contributed by atoms with Crippen molar-refractivity contribution in [3.63, 3.8) is 0 Å². The summed E-state index contributed by atoms with van der Waals surface area (Å²) in [6.07, 6.45) is 3.07. The molecule has 4 nitrogen and oxygen atoms in total. The Hall–Kier alpha value is -1.39. The van der Waals surface area contributed by atoms with E-state index in [0.29, 0.717) is 5.92 Å². The smallest absolute Gasteiger partial charge is 0.239 e. The largest absolute Gasteiger partial charge is 0.381 e. The number of carbonyl (C=O) groups is 1. The van der Waals surface area contributed by atoms with Crippen molar-refractivity contribution in [2.45, 2.75) is 31.8 Å². The van der Waals surface area contributed by atoms with Crippen LogP contribution < -0.4 is 5.32 Å². The zero-order chi connectivity index (χ0) is 14.7. The van der Waals surface area contributed by atoms with Gasteiger partial charge in [-0.1, -0.05) is 24.3 Å². The molecular weight excluding hydrogens is 264 g/mol. The lowest BCUT2D eigenvalue weighted by Gasteiger charge is -2.32. The van der Waals surface area contributed by atoms with Gasteiger partial charge in [-0.2, -0.15) is 0 Å². The Morgan fingerprint density at radius 2 is 2.19 bits per heavy atom. The summed E-state index contributed by atoms with van der Waals surface area (Å²) in [6, 6.07) is 8.28. The minimum atomic E-state index is -0.0885. The number of hydrogen-bond donors (Lipinski definition) is 1. The van der Waals surface area contributed by atoms with Crippen LogP contribution in [0, 0.1) is 5.92 Å². The van der Waals surface area contributed by atoms with Crippen molar-refractivity contribution < 1.29 is 9.53 Å². The van der Waals surface area contributed by atoms with Crippen LogP contribution in [0.1, 0.15) is 24.0 Å². The van der Waals surface area contributed by atoms with Gasteiger partial charge in [-0.25, -0.2) is 0 Å². The summed E-state index contributed by atoms with van der Waals surface area (Å²) < 4.78 is 5.50. The average molecular weight is 288 g/mol. The molecule has 1 fully saturated rings. The zero-order valence-corrected chi connectivity index (χ0v) is 12.7. The lowest BCUT2D eigenvalue weighted by atomic mass is 9.95. The van der Waals surface area contributed by atoms with Gasteiger partial charge in [-0.05, 0) is 36.3 Å². The van der Waals surface area contributed by atoms with Crippen LogP contribution in [0.4, 0.5) is 0 Å². The fraction of sp³-hybridized carbons (Fsp3) is 0.588. The number of benzene rings is 1. The monoisotopic (exact) mass is 288 g/mol. The van der Waals surface area contributed by atoms with E-state index in [9.17, 15) is 4.79 Å². The molecule has 2 aliphatic rings. The number of nitrogens with zero attached hydrogens (tertiary/aromatic N) is 1. The summed E-state index contributed by atoms with van der Waals surface area (Å²) in [5, 5.41) is 3.37. The highest BCUT2D eigenvalue weighted by Crippen LogP contribution is 2.19. The molecule has 2 aliphatic heterocycles. The normalized spacial score (nSPS) is 25.2. The molecule has 3 rings (SSSR count). The van der Waals surface area contributed by atoms with Crippen molar-refractivity contribution in [1.82, 2.24) is 10.2 Å². The Balaban J connectivity index is 1.58. The maximum Gasteiger partial charge on any atom is 0.239 e. The summed E-state index contributed by atoms with van der Waals surface area (Å²) >= 11 is 0. The first kappa shape index (κ1) is 14.5. The maximum absolute atomic E-state index is 12.6. The molecule has 114 valence electrons. The predicted octanol–water partition coefficient (Wildman–Crippen LogP) is 1.59. The number of ether oxygens (including phenoxy) is 1. The molecule has 1 N–H and O–H groups in total. The first-order chi connectivity index (χ1) is 10.2. The number of hydrogen-bond acceptors (Lipinski definition) is 3. The minimum absolute atomic E-state index is 0.0885. The standard InChI is InChI=1S/C17H24N2O2/c1-19(11-13-5-4-8-21-12-13)17(20)16-9-14-6-2-3-7-15(14)10-18-16/h2-3,6-7,13,16,18H,4-5,8-12H2,1H3/t13?,16-/m1/s1. The van der Waals surface area contributed by atoms with Crippen LogP contribution in [0.2, 0.25) is 0 Å². The molecule has 1 amide bonds. The van der Waals surface area contributed by atoms with Gasteiger partial charge >= 0.3 is 0 Å². The van der Waals surface area contributed by atoms with E-state index in [0.717, 1.165) is 39.1 Å². The third kappa shape index (κ3) is 3.44. The highest BCUT2D eigenvalue weighted by Gasteiger charge is 2.27. The second-order valence-corrected chi connectivity index (χ2v) is 6.21. The molecule has 0 spiro atoms. The van der Waals surface area contributed by atoms with E-state index in [4.69, 9.17) is 4.74 Å². The Kier molecular flexibility index (Phi) is 4.56. The highest BCUT2D eigenvalue weighted by molar-refractivity contribution is 5.82. The second-order valence-electron chi connectivity index (χ2n) is 6.21. The van der Waals surface area contributed by atoms with E-state index >= 15 is 0 Å². The van der Waals surface area contributed by atoms with Crippen LogP contribution in [-0.4, -0.2) is 43.7 Å². The highest BCUT2D eigenvalue weighted by atomic mass is 16.5. The second kappa shape index (κ2) is 6.58. The number of nitrogens with one attached hydrogen (secondary N) is 1. The SMILES string of the molecule is CN(CC1CCCOC1)C(=O)[C@H]1Cc2ccccc2CN1. The van der Waals surface area contributed by atoms with Crippen molar-refractivity contribution >= 4 is 5.91 Å². The van der Waals surface area contributed by atoms with Gasteiger partial charge in [0.05, 0.1) is 12.6 Å². The molecular formula is C17H24N2O2. The van der Waals surface area contributed by atoms with Crippen LogP contribution in [0.5, 0.6) is 0 Å². The molecule has 1 aromatic carbocycles. The first-order valence-corrected chi connectivity index (χ1v) is 7.87. The summed E-state index contributed by atoms with van der Waals surface area (Å²) in [7, 11) is 1.92. The van der Waals surface area contributed by atoms with Gasteiger partial charge in [-0.15, -0.1) is 0 Å². The van der Waals surface area contributed by atoms with Crippen LogP contribution in [0.25, 0.3) is 0 Å². The third-order valence-electron chi connectivity index (χ3n) is 4.54. The van der Waals surface area contributed by atoms with Gasteiger partial charge in [-0.3, -0.25) is 4.79 Å². The summed E-state index contributed by atoms with van der Waals surface area (Å²) in [5.74, 6) is 0.693. The quantitative estimate of drug-likeness (QED) is 0.918. The number of amides is 1. The fourth-order valence-corrected chi connectivity index (χ4v) is 3.32. The Bertz CT molecular complexity index is 497. The Morgan fingerprint density at radius 1 is 1.38 bits per heavy atom. The number of rotatable bonds is 3. The molecule has 0 radical (unpaired) electrons. The average Bonchev–Trinajstić information content (AvgIpc) is 2.54. The van der Waals surface area contributed by atoms with E-state index < -0.39 is 0 Å². The van der Waals surface area contributed by atoms with E-state index in [1.807, 2.05) is 11.9 Å². The van der Waals surface area contributed by atoms with Crippen molar-refractivity contribution in [3.8, 4) is 0 Å². The zero-order valence-electron chi connectivity index (χ0n) is 12.7. The molecule has 1 unspecified atom stereocenters. The van der Waals surface area contributed by atoms with E-state index in [2.05, 4.69) is 29.6 Å². The van der Waals surface area contributed by atoms with Crippen molar-refractivity contribution in [1.29, 1.82) is 0 Å². The van der Waals surface area contributed by atoms with Gasteiger partial charge < -0.3 is 15.0 Å². The molecule has 0 aliphatic carbocycles. The Morgan fingerprint density at radius 3 is 2.95 bits per heavy atom. The van der Waals surface area contributed by atoms with Gasteiger partial charge in [0.1, 0.15) is 0 Å². The maximum atomic E-state index is 12.6. The Labute approximate surface area is 126 Å². The number of carbonyl (C=O) groups excluding carboxylic acids is 1. The molecule has 2 atom stereocenters. The number of fused-ring (bicyclic) bond motifs is 1. The minimum Gasteiger partial charge on any atom is -0.381 e. The number of likely N-dealkylation sites (N-methyl/N-ethyl adjacent to an activating group) is 1. The lowest BCUT2D eigenvalue weighted by Crippen LogP contribution is -2.49. The van der Waals surface area contributed by atoms with Gasteiger partial charge in [0.15, 0.2) is 0 Å². The van der Waals surface area contributed by atoms with Crippen molar-refractivity contribution in [2.75, 3.05) is 26.8 Å². The third-order valence-corrected chi connectivity index (χ3v) is 4.54. The van der Waals surface area contributed by atoms with Gasteiger partial charge in [0.25, 0.3) is 0 Å². The van der Waals surface area contributed by atoms with Crippen molar-refractivity contribution in [3.05, 3.63) is 35.4 Å². The van der Waals surface area contributed by atoms with E-state index in [1.165, 1.54) is 17.5 Å². The summed E-state index contributed by atoms with van der Waals surface area (Å²) in [5.41, 5.74) is 2.61. The topological polar surface area (TPSA) is 41.6 Å². The molecule has 0 saturated carbocycles.